The maximum absolute atomic E-state index is 9.48. The van der Waals surface area contributed by atoms with Gasteiger partial charge in [0, 0.05) is 5.92 Å². The molecule has 16 heavy (non-hydrogen) atoms. The van der Waals surface area contributed by atoms with E-state index in [1.807, 2.05) is 4.40 Å². The van der Waals surface area contributed by atoms with Crippen LogP contribution in [0.15, 0.2) is 18.3 Å². The fourth-order valence-corrected chi connectivity index (χ4v) is 2.26. The van der Waals surface area contributed by atoms with Gasteiger partial charge in [0.05, 0.1) is 6.20 Å². The summed E-state index contributed by atoms with van der Waals surface area (Å²) in [7, 11) is 0. The van der Waals surface area contributed by atoms with Crippen molar-refractivity contribution in [3.05, 3.63) is 24.2 Å². The lowest BCUT2D eigenvalue weighted by atomic mass is 9.97. The number of fused-ring (bicyclic) bond motifs is 1. The molecule has 3 rings (SSSR count). The van der Waals surface area contributed by atoms with E-state index in [1.54, 1.807) is 18.3 Å². The Hall–Kier alpha value is -1.62. The van der Waals surface area contributed by atoms with Crippen LogP contribution in [0.1, 0.15) is 24.6 Å². The van der Waals surface area contributed by atoms with Crippen LogP contribution in [0.5, 0.6) is 5.75 Å². The number of pyridine rings is 1. The minimum absolute atomic E-state index is 0.252. The first-order valence-electron chi connectivity index (χ1n) is 5.59. The molecular formula is C11H14N4O. The molecule has 0 aliphatic carbocycles. The summed E-state index contributed by atoms with van der Waals surface area (Å²) in [6, 6.07) is 3.42. The van der Waals surface area contributed by atoms with Crippen molar-refractivity contribution in [2.24, 2.45) is 0 Å². The summed E-state index contributed by atoms with van der Waals surface area (Å²) in [4.78, 5) is 0. The zero-order valence-corrected chi connectivity index (χ0v) is 8.93. The lowest BCUT2D eigenvalue weighted by Gasteiger charge is -2.20. The zero-order valence-electron chi connectivity index (χ0n) is 8.93. The Kier molecular flexibility index (Phi) is 2.25. The molecule has 84 valence electrons. The first-order chi connectivity index (χ1) is 7.84. The number of nitrogens with one attached hydrogen (secondary N) is 1. The molecule has 1 aliphatic rings. The Morgan fingerprint density at radius 1 is 1.25 bits per heavy atom. The topological polar surface area (TPSA) is 62.5 Å². The minimum atomic E-state index is 0.252. The van der Waals surface area contributed by atoms with E-state index in [1.165, 1.54) is 0 Å². The number of nitrogens with zero attached hydrogens (tertiary/aromatic N) is 3. The molecule has 0 amide bonds. The minimum Gasteiger partial charge on any atom is -0.506 e. The fourth-order valence-electron chi connectivity index (χ4n) is 2.26. The molecule has 1 saturated heterocycles. The van der Waals surface area contributed by atoms with Gasteiger partial charge in [-0.05, 0) is 38.1 Å². The molecule has 0 saturated carbocycles. The molecule has 3 heterocycles. The van der Waals surface area contributed by atoms with E-state index >= 15 is 0 Å². The molecule has 2 aromatic heterocycles. The van der Waals surface area contributed by atoms with Crippen LogP contribution >= 0.6 is 0 Å². The average Bonchev–Trinajstić information content (AvgIpc) is 2.73. The first kappa shape index (κ1) is 9.59. The molecule has 0 atom stereocenters. The molecule has 0 bridgehead atoms. The van der Waals surface area contributed by atoms with Gasteiger partial charge in [-0.1, -0.05) is 0 Å². The van der Waals surface area contributed by atoms with Gasteiger partial charge >= 0.3 is 0 Å². The van der Waals surface area contributed by atoms with E-state index in [4.69, 9.17) is 0 Å². The molecular weight excluding hydrogens is 204 g/mol. The van der Waals surface area contributed by atoms with Crippen molar-refractivity contribution in [2.75, 3.05) is 13.1 Å². The lowest BCUT2D eigenvalue weighted by molar-refractivity contribution is 0.440. The third-order valence-corrected chi connectivity index (χ3v) is 3.12. The van der Waals surface area contributed by atoms with Gasteiger partial charge in [0.15, 0.2) is 5.65 Å². The fraction of sp³-hybridized carbons (Fsp3) is 0.455. The summed E-state index contributed by atoms with van der Waals surface area (Å²) in [5.41, 5.74) is 0.798. The van der Waals surface area contributed by atoms with E-state index in [0.29, 0.717) is 5.92 Å². The largest absolute Gasteiger partial charge is 0.506 e. The maximum atomic E-state index is 9.48. The molecule has 0 spiro atoms. The third kappa shape index (κ3) is 1.53. The van der Waals surface area contributed by atoms with Gasteiger partial charge in [0.2, 0.25) is 0 Å². The SMILES string of the molecule is Oc1ccc2nnc(C3CCNCC3)n2c1. The summed E-state index contributed by atoms with van der Waals surface area (Å²) < 4.78 is 1.89. The van der Waals surface area contributed by atoms with E-state index < -0.39 is 0 Å². The summed E-state index contributed by atoms with van der Waals surface area (Å²) in [5, 5.41) is 21.2. The van der Waals surface area contributed by atoms with Crippen molar-refractivity contribution in [1.82, 2.24) is 19.9 Å². The van der Waals surface area contributed by atoms with Crippen LogP contribution in [-0.2, 0) is 0 Å². The molecule has 2 N–H and O–H groups in total. The van der Waals surface area contributed by atoms with Crippen molar-refractivity contribution in [3.8, 4) is 5.75 Å². The molecule has 0 aromatic carbocycles. The van der Waals surface area contributed by atoms with Crippen LogP contribution < -0.4 is 5.32 Å². The molecule has 1 aliphatic heterocycles. The number of rotatable bonds is 1. The van der Waals surface area contributed by atoms with E-state index in [9.17, 15) is 5.11 Å². The van der Waals surface area contributed by atoms with Crippen LogP contribution in [-0.4, -0.2) is 32.8 Å². The Balaban J connectivity index is 2.05. The van der Waals surface area contributed by atoms with Crippen molar-refractivity contribution < 1.29 is 5.11 Å². The van der Waals surface area contributed by atoms with Crippen molar-refractivity contribution in [2.45, 2.75) is 18.8 Å². The highest BCUT2D eigenvalue weighted by atomic mass is 16.3. The summed E-state index contributed by atoms with van der Waals surface area (Å²) in [5.74, 6) is 1.66. The summed E-state index contributed by atoms with van der Waals surface area (Å²) in [6.07, 6.45) is 3.85. The van der Waals surface area contributed by atoms with Gasteiger partial charge in [-0.2, -0.15) is 0 Å². The standard InChI is InChI=1S/C11H14N4O/c16-9-1-2-10-13-14-11(15(10)7-9)8-3-5-12-6-4-8/h1-2,7-8,12,16H,3-6H2. The van der Waals surface area contributed by atoms with Crippen molar-refractivity contribution in [3.63, 3.8) is 0 Å². The predicted octanol–water partition coefficient (Wildman–Crippen LogP) is 0.902. The average molecular weight is 218 g/mol. The van der Waals surface area contributed by atoms with Crippen molar-refractivity contribution in [1.29, 1.82) is 0 Å². The van der Waals surface area contributed by atoms with Crippen LogP contribution in [0.2, 0.25) is 0 Å². The van der Waals surface area contributed by atoms with Crippen LogP contribution in [0.4, 0.5) is 0 Å². The van der Waals surface area contributed by atoms with Gasteiger partial charge in [-0.3, -0.25) is 4.40 Å². The Bertz CT molecular complexity index is 502. The van der Waals surface area contributed by atoms with E-state index in [2.05, 4.69) is 15.5 Å². The number of aromatic nitrogens is 3. The lowest BCUT2D eigenvalue weighted by Crippen LogP contribution is -2.27. The van der Waals surface area contributed by atoms with Gasteiger partial charge in [-0.15, -0.1) is 10.2 Å². The molecule has 2 aromatic rings. The Morgan fingerprint density at radius 2 is 2.06 bits per heavy atom. The van der Waals surface area contributed by atoms with Gasteiger partial charge in [0.1, 0.15) is 11.6 Å². The second-order valence-electron chi connectivity index (χ2n) is 4.20. The number of hydrogen-bond donors (Lipinski definition) is 2. The Labute approximate surface area is 93.1 Å². The monoisotopic (exact) mass is 218 g/mol. The maximum Gasteiger partial charge on any atom is 0.161 e. The second-order valence-corrected chi connectivity index (χ2v) is 4.20. The number of aromatic hydroxyl groups is 1. The highest BCUT2D eigenvalue weighted by molar-refractivity contribution is 5.41. The number of hydrogen-bond acceptors (Lipinski definition) is 4. The van der Waals surface area contributed by atoms with Gasteiger partial charge in [-0.25, -0.2) is 0 Å². The van der Waals surface area contributed by atoms with Crippen LogP contribution in [0.25, 0.3) is 5.65 Å². The van der Waals surface area contributed by atoms with E-state index in [0.717, 1.165) is 37.4 Å². The smallest absolute Gasteiger partial charge is 0.161 e. The van der Waals surface area contributed by atoms with Gasteiger partial charge < -0.3 is 10.4 Å². The van der Waals surface area contributed by atoms with E-state index in [-0.39, 0.29) is 5.75 Å². The molecule has 0 radical (unpaired) electrons. The normalized spacial score (nSPS) is 18.0. The van der Waals surface area contributed by atoms with Crippen LogP contribution in [0, 0.1) is 0 Å². The molecule has 5 nitrogen and oxygen atoms in total. The summed E-state index contributed by atoms with van der Waals surface area (Å²) in [6.45, 7) is 2.05. The highest BCUT2D eigenvalue weighted by Crippen LogP contribution is 2.24. The highest BCUT2D eigenvalue weighted by Gasteiger charge is 2.20. The van der Waals surface area contributed by atoms with Crippen LogP contribution in [0.3, 0.4) is 0 Å². The van der Waals surface area contributed by atoms with Gasteiger partial charge in [0.25, 0.3) is 0 Å². The predicted molar refractivity (Wildman–Crippen MR) is 59.5 cm³/mol. The molecule has 0 unspecified atom stereocenters. The summed E-state index contributed by atoms with van der Waals surface area (Å²) >= 11 is 0. The zero-order chi connectivity index (χ0) is 11.0. The third-order valence-electron chi connectivity index (χ3n) is 3.12. The number of piperidine rings is 1. The first-order valence-corrected chi connectivity index (χ1v) is 5.59. The molecule has 1 fully saturated rings. The van der Waals surface area contributed by atoms with Crippen molar-refractivity contribution >= 4 is 5.65 Å². The second kappa shape index (κ2) is 3.75. The quantitative estimate of drug-likeness (QED) is 0.746. The Morgan fingerprint density at radius 3 is 2.88 bits per heavy atom. The molecule has 5 heteroatoms.